The molecule has 0 saturated carbocycles. The van der Waals surface area contributed by atoms with Gasteiger partial charge in [-0.2, -0.15) is 21.5 Å². The van der Waals surface area contributed by atoms with Crippen LogP contribution in [0.15, 0.2) is 0 Å². The third kappa shape index (κ3) is 2.16. The van der Waals surface area contributed by atoms with E-state index < -0.39 is 28.6 Å². The van der Waals surface area contributed by atoms with Gasteiger partial charge >= 0.3 is 11.9 Å². The van der Waals surface area contributed by atoms with Crippen LogP contribution in [0.2, 0.25) is 0 Å². The lowest BCUT2D eigenvalue weighted by Crippen LogP contribution is -2.44. The first-order valence-corrected chi connectivity index (χ1v) is 5.06. The average molecular weight is 230 g/mol. The van der Waals surface area contributed by atoms with E-state index in [2.05, 4.69) is 0 Å². The Labute approximate surface area is 78.7 Å². The maximum absolute atomic E-state index is 12.6. The molecule has 0 aromatic carbocycles. The number of nitrogens with one attached hydrogen (secondary N) is 1. The van der Waals surface area contributed by atoms with Crippen LogP contribution in [0.4, 0.5) is 8.78 Å². The van der Waals surface area contributed by atoms with Crippen molar-refractivity contribution in [2.45, 2.75) is 5.92 Å². The highest BCUT2D eigenvalue weighted by atomic mass is 32.2. The average Bonchev–Trinajstić information content (AvgIpc) is 2.30. The molecule has 0 aliphatic carbocycles. The van der Waals surface area contributed by atoms with Gasteiger partial charge in [0.25, 0.3) is 10.2 Å². The highest BCUT2D eigenvalue weighted by molar-refractivity contribution is 7.87. The highest BCUT2D eigenvalue weighted by Gasteiger charge is 2.44. The number of hydrogen-bond acceptors (Lipinski definition) is 3. The Morgan fingerprint density at radius 2 is 2.14 bits per heavy atom. The topological polar surface area (TPSA) is 86.7 Å². The number of carboxylic acids is 1. The Kier molecular flexibility index (Phi) is 2.74. The van der Waals surface area contributed by atoms with Crippen LogP contribution < -0.4 is 4.72 Å². The second-order valence-electron chi connectivity index (χ2n) is 2.74. The number of carboxylic acid groups (broad SMARTS) is 1. The summed E-state index contributed by atoms with van der Waals surface area (Å²) in [5, 5.41) is 8.08. The summed E-state index contributed by atoms with van der Waals surface area (Å²) in [6, 6.07) is 0. The molecular weight excluding hydrogens is 222 g/mol. The number of hydrogen-bond donors (Lipinski definition) is 2. The lowest BCUT2D eigenvalue weighted by Gasteiger charge is -2.17. The quantitative estimate of drug-likeness (QED) is 0.641. The smallest absolute Gasteiger partial charge is 0.376 e. The standard InChI is InChI=1S/C5H8F2N2O4S/c6-5(7,4(10)11)3-9-2-1-8-14(9,12)13/h8H,1-3H2,(H,10,11). The molecule has 0 aromatic heterocycles. The SMILES string of the molecule is O=C(O)C(F)(F)CN1CCNS1(=O)=O. The van der Waals surface area contributed by atoms with E-state index >= 15 is 0 Å². The van der Waals surface area contributed by atoms with E-state index in [1.165, 1.54) is 0 Å². The maximum Gasteiger partial charge on any atom is 0.376 e. The molecule has 0 aromatic rings. The number of carbonyl (C=O) groups is 1. The van der Waals surface area contributed by atoms with Gasteiger partial charge in [0.1, 0.15) is 0 Å². The molecule has 14 heavy (non-hydrogen) atoms. The van der Waals surface area contributed by atoms with Crippen LogP contribution in [0.5, 0.6) is 0 Å². The lowest BCUT2D eigenvalue weighted by molar-refractivity contribution is -0.165. The molecule has 1 fully saturated rings. The van der Waals surface area contributed by atoms with E-state index in [0.717, 1.165) is 0 Å². The van der Waals surface area contributed by atoms with Gasteiger partial charge in [0.05, 0.1) is 6.54 Å². The molecule has 0 atom stereocenters. The summed E-state index contributed by atoms with van der Waals surface area (Å²) < 4.78 is 49.5. The van der Waals surface area contributed by atoms with Crippen molar-refractivity contribution in [2.24, 2.45) is 0 Å². The van der Waals surface area contributed by atoms with E-state index in [1.54, 1.807) is 0 Å². The van der Waals surface area contributed by atoms with Gasteiger partial charge in [0, 0.05) is 13.1 Å². The van der Waals surface area contributed by atoms with Crippen molar-refractivity contribution in [3.05, 3.63) is 0 Å². The van der Waals surface area contributed by atoms with Crippen LogP contribution in [0, 0.1) is 0 Å². The van der Waals surface area contributed by atoms with E-state index in [9.17, 15) is 22.0 Å². The monoisotopic (exact) mass is 230 g/mol. The molecule has 1 rings (SSSR count). The van der Waals surface area contributed by atoms with E-state index in [1.807, 2.05) is 4.72 Å². The summed E-state index contributed by atoms with van der Waals surface area (Å²) >= 11 is 0. The van der Waals surface area contributed by atoms with Gasteiger partial charge in [-0.15, -0.1) is 0 Å². The highest BCUT2D eigenvalue weighted by Crippen LogP contribution is 2.18. The number of alkyl halides is 2. The zero-order valence-electron chi connectivity index (χ0n) is 6.90. The van der Waals surface area contributed by atoms with Crippen LogP contribution in [0.3, 0.4) is 0 Å². The largest absolute Gasteiger partial charge is 0.477 e. The predicted octanol–water partition coefficient (Wildman–Crippen LogP) is -1.14. The van der Waals surface area contributed by atoms with Gasteiger partial charge in [-0.1, -0.05) is 0 Å². The van der Waals surface area contributed by atoms with Gasteiger partial charge in [0.2, 0.25) is 0 Å². The Balaban J connectivity index is 2.75. The number of halogens is 2. The van der Waals surface area contributed by atoms with Gasteiger partial charge < -0.3 is 5.11 Å². The van der Waals surface area contributed by atoms with Crippen LogP contribution in [-0.4, -0.2) is 49.4 Å². The Morgan fingerprint density at radius 3 is 2.50 bits per heavy atom. The summed E-state index contributed by atoms with van der Waals surface area (Å²) in [5.74, 6) is -6.39. The first-order chi connectivity index (χ1) is 6.26. The molecule has 82 valence electrons. The Bertz CT molecular complexity index is 342. The molecule has 2 N–H and O–H groups in total. The minimum atomic E-state index is -4.06. The predicted molar refractivity (Wildman–Crippen MR) is 41.1 cm³/mol. The zero-order chi connectivity index (χ0) is 11.0. The molecule has 1 heterocycles. The Hall–Kier alpha value is -0.800. The molecule has 9 heteroatoms. The minimum absolute atomic E-state index is 0.0119. The molecule has 6 nitrogen and oxygen atoms in total. The minimum Gasteiger partial charge on any atom is -0.477 e. The number of rotatable bonds is 3. The second-order valence-corrected chi connectivity index (χ2v) is 4.50. The van der Waals surface area contributed by atoms with Crippen molar-refractivity contribution in [1.29, 1.82) is 0 Å². The van der Waals surface area contributed by atoms with Crippen LogP contribution in [0.1, 0.15) is 0 Å². The molecule has 0 bridgehead atoms. The molecule has 0 unspecified atom stereocenters. The van der Waals surface area contributed by atoms with Crippen molar-refractivity contribution in [2.75, 3.05) is 19.6 Å². The molecule has 1 aliphatic heterocycles. The van der Waals surface area contributed by atoms with E-state index in [4.69, 9.17) is 5.11 Å². The fraction of sp³-hybridized carbons (Fsp3) is 0.800. The second kappa shape index (κ2) is 3.41. The summed E-state index contributed by atoms with van der Waals surface area (Å²) in [5.41, 5.74) is 0. The molecular formula is C5H8F2N2O4S. The van der Waals surface area contributed by atoms with E-state index in [0.29, 0.717) is 4.31 Å². The molecule has 1 aliphatic rings. The van der Waals surface area contributed by atoms with Crippen molar-refractivity contribution >= 4 is 16.2 Å². The van der Waals surface area contributed by atoms with Gasteiger partial charge in [-0.05, 0) is 0 Å². The summed E-state index contributed by atoms with van der Waals surface area (Å²) in [6.07, 6.45) is 0. The summed E-state index contributed by atoms with van der Waals surface area (Å²) in [7, 11) is -3.91. The molecule has 0 spiro atoms. The van der Waals surface area contributed by atoms with Crippen molar-refractivity contribution in [3.8, 4) is 0 Å². The molecule has 0 radical (unpaired) electrons. The fourth-order valence-corrected chi connectivity index (χ4v) is 2.16. The van der Waals surface area contributed by atoms with Crippen molar-refractivity contribution in [3.63, 3.8) is 0 Å². The summed E-state index contributed by atoms with van der Waals surface area (Å²) in [6.45, 7) is -1.47. The van der Waals surface area contributed by atoms with Gasteiger partial charge in [-0.25, -0.2) is 9.52 Å². The lowest BCUT2D eigenvalue weighted by atomic mass is 10.3. The Morgan fingerprint density at radius 1 is 1.57 bits per heavy atom. The van der Waals surface area contributed by atoms with Crippen molar-refractivity contribution < 1.29 is 27.1 Å². The first-order valence-electron chi connectivity index (χ1n) is 3.62. The van der Waals surface area contributed by atoms with Crippen molar-refractivity contribution in [1.82, 2.24) is 9.03 Å². The summed E-state index contributed by atoms with van der Waals surface area (Å²) in [4.78, 5) is 10.0. The first kappa shape index (κ1) is 11.3. The number of nitrogens with zero attached hydrogens (tertiary/aromatic N) is 1. The third-order valence-corrected chi connectivity index (χ3v) is 3.23. The number of aliphatic carboxylic acids is 1. The van der Waals surface area contributed by atoms with Gasteiger partial charge in [0.15, 0.2) is 0 Å². The molecule has 0 amide bonds. The third-order valence-electron chi connectivity index (χ3n) is 1.67. The van der Waals surface area contributed by atoms with Crippen LogP contribution in [0.25, 0.3) is 0 Å². The van der Waals surface area contributed by atoms with Crippen LogP contribution in [-0.2, 0) is 15.0 Å². The van der Waals surface area contributed by atoms with Gasteiger partial charge in [-0.3, -0.25) is 0 Å². The normalized spacial score (nSPS) is 22.4. The fourth-order valence-electron chi connectivity index (χ4n) is 0.964. The van der Waals surface area contributed by atoms with E-state index in [-0.39, 0.29) is 13.1 Å². The van der Waals surface area contributed by atoms with Crippen LogP contribution >= 0.6 is 0 Å². The maximum atomic E-state index is 12.6. The zero-order valence-corrected chi connectivity index (χ0v) is 7.72. The molecule has 1 saturated heterocycles.